The van der Waals surface area contributed by atoms with Gasteiger partial charge in [0.05, 0.1) is 6.20 Å². The maximum absolute atomic E-state index is 13.1. The third kappa shape index (κ3) is 1.30. The third-order valence-electron chi connectivity index (χ3n) is 1.61. The predicted octanol–water partition coefficient (Wildman–Crippen LogP) is 2.62. The molecule has 13 heavy (non-hydrogen) atoms. The van der Waals surface area contributed by atoms with Gasteiger partial charge < -0.3 is 4.42 Å². The van der Waals surface area contributed by atoms with Crippen molar-refractivity contribution in [1.29, 1.82) is 0 Å². The first kappa shape index (κ1) is 7.91. The molecule has 66 valence electrons. The van der Waals surface area contributed by atoms with Crippen LogP contribution in [0, 0.1) is 11.6 Å². The summed E-state index contributed by atoms with van der Waals surface area (Å²) in [6.45, 7) is 0. The largest absolute Gasteiger partial charge is 0.444 e. The summed E-state index contributed by atoms with van der Waals surface area (Å²) in [7, 11) is 0. The van der Waals surface area contributed by atoms with E-state index in [2.05, 4.69) is 4.98 Å². The average molecular weight is 181 g/mol. The Morgan fingerprint density at radius 1 is 1.15 bits per heavy atom. The van der Waals surface area contributed by atoms with E-state index in [0.717, 1.165) is 12.1 Å². The molecule has 0 aliphatic rings. The molecule has 0 unspecified atom stereocenters. The molecule has 0 saturated heterocycles. The van der Waals surface area contributed by atoms with Crippen LogP contribution in [-0.2, 0) is 0 Å². The summed E-state index contributed by atoms with van der Waals surface area (Å²) in [6, 6.07) is 3.60. The second kappa shape index (κ2) is 2.97. The smallest absolute Gasteiger partial charge is 0.231 e. The second-order valence-electron chi connectivity index (χ2n) is 2.43. The molecule has 2 rings (SSSR count). The Hall–Kier alpha value is -1.71. The highest BCUT2D eigenvalue weighted by Crippen LogP contribution is 2.23. The fourth-order valence-electron chi connectivity index (χ4n) is 1.05. The first-order valence-electron chi connectivity index (χ1n) is 3.63. The molecule has 0 aliphatic heterocycles. The molecular formula is C9H5F2NO. The maximum Gasteiger partial charge on any atom is 0.231 e. The Bertz CT molecular complexity index is 391. The van der Waals surface area contributed by atoms with Crippen LogP contribution >= 0.6 is 0 Å². The quantitative estimate of drug-likeness (QED) is 0.675. The summed E-state index contributed by atoms with van der Waals surface area (Å²) in [5.41, 5.74) is -0.229. The SMILES string of the molecule is Fc1cccc(F)c1-c1ncco1. The Morgan fingerprint density at radius 3 is 2.38 bits per heavy atom. The number of benzene rings is 1. The van der Waals surface area contributed by atoms with Gasteiger partial charge >= 0.3 is 0 Å². The lowest BCUT2D eigenvalue weighted by molar-refractivity contribution is 0.542. The van der Waals surface area contributed by atoms with Gasteiger partial charge in [-0.1, -0.05) is 6.07 Å². The van der Waals surface area contributed by atoms with E-state index in [1.54, 1.807) is 0 Å². The summed E-state index contributed by atoms with van der Waals surface area (Å²) < 4.78 is 30.9. The van der Waals surface area contributed by atoms with Crippen LogP contribution in [-0.4, -0.2) is 4.98 Å². The van der Waals surface area contributed by atoms with E-state index >= 15 is 0 Å². The van der Waals surface area contributed by atoms with E-state index < -0.39 is 11.6 Å². The zero-order valence-electron chi connectivity index (χ0n) is 6.50. The Kier molecular flexibility index (Phi) is 1.81. The van der Waals surface area contributed by atoms with Crippen LogP contribution in [0.4, 0.5) is 8.78 Å². The molecule has 0 aliphatic carbocycles. The average Bonchev–Trinajstić information content (AvgIpc) is 2.57. The monoisotopic (exact) mass is 181 g/mol. The van der Waals surface area contributed by atoms with Crippen molar-refractivity contribution in [3.63, 3.8) is 0 Å². The standard InChI is InChI=1S/C9H5F2NO/c10-6-2-1-3-7(11)8(6)9-12-4-5-13-9/h1-5H. The van der Waals surface area contributed by atoms with Crippen molar-refractivity contribution in [2.75, 3.05) is 0 Å². The van der Waals surface area contributed by atoms with Gasteiger partial charge in [0, 0.05) is 0 Å². The van der Waals surface area contributed by atoms with Gasteiger partial charge in [-0.15, -0.1) is 0 Å². The van der Waals surface area contributed by atoms with Crippen molar-refractivity contribution in [1.82, 2.24) is 4.98 Å². The minimum Gasteiger partial charge on any atom is -0.444 e. The van der Waals surface area contributed by atoms with Gasteiger partial charge in [0.15, 0.2) is 0 Å². The molecule has 4 heteroatoms. The van der Waals surface area contributed by atoms with Gasteiger partial charge in [-0.3, -0.25) is 0 Å². The van der Waals surface area contributed by atoms with Crippen molar-refractivity contribution >= 4 is 0 Å². The molecule has 0 spiro atoms. The van der Waals surface area contributed by atoms with Gasteiger partial charge in [-0.05, 0) is 12.1 Å². The van der Waals surface area contributed by atoms with Gasteiger partial charge in [-0.25, -0.2) is 13.8 Å². The Morgan fingerprint density at radius 2 is 1.85 bits per heavy atom. The van der Waals surface area contributed by atoms with Crippen molar-refractivity contribution < 1.29 is 13.2 Å². The summed E-state index contributed by atoms with van der Waals surface area (Å²) in [6.07, 6.45) is 2.60. The number of hydrogen-bond acceptors (Lipinski definition) is 2. The number of nitrogens with zero attached hydrogens (tertiary/aromatic N) is 1. The number of hydrogen-bond donors (Lipinski definition) is 0. The van der Waals surface area contributed by atoms with Crippen LogP contribution in [0.15, 0.2) is 35.1 Å². The molecule has 1 aromatic heterocycles. The highest BCUT2D eigenvalue weighted by molar-refractivity contribution is 5.54. The summed E-state index contributed by atoms with van der Waals surface area (Å²) in [5, 5.41) is 0. The maximum atomic E-state index is 13.1. The van der Waals surface area contributed by atoms with Crippen LogP contribution in [0.2, 0.25) is 0 Å². The molecule has 0 radical (unpaired) electrons. The van der Waals surface area contributed by atoms with Crippen LogP contribution < -0.4 is 0 Å². The molecule has 1 heterocycles. The zero-order valence-corrected chi connectivity index (χ0v) is 6.50. The van der Waals surface area contributed by atoms with E-state index in [9.17, 15) is 8.78 Å². The predicted molar refractivity (Wildman–Crippen MR) is 41.9 cm³/mol. The molecule has 0 saturated carbocycles. The highest BCUT2D eigenvalue weighted by Gasteiger charge is 2.13. The van der Waals surface area contributed by atoms with Crippen molar-refractivity contribution in [2.24, 2.45) is 0 Å². The molecule has 2 aromatic rings. The number of halogens is 2. The molecule has 1 aromatic carbocycles. The number of aromatic nitrogens is 1. The number of rotatable bonds is 1. The molecule has 0 atom stereocenters. The van der Waals surface area contributed by atoms with E-state index in [1.807, 2.05) is 0 Å². The number of oxazole rings is 1. The van der Waals surface area contributed by atoms with E-state index in [-0.39, 0.29) is 11.5 Å². The Balaban J connectivity index is 2.64. The lowest BCUT2D eigenvalue weighted by Gasteiger charge is -1.98. The van der Waals surface area contributed by atoms with Gasteiger partial charge in [0.2, 0.25) is 5.89 Å². The highest BCUT2D eigenvalue weighted by atomic mass is 19.1. The van der Waals surface area contributed by atoms with Gasteiger partial charge in [0.25, 0.3) is 0 Å². The normalized spacial score (nSPS) is 10.3. The van der Waals surface area contributed by atoms with E-state index in [0.29, 0.717) is 0 Å². The van der Waals surface area contributed by atoms with E-state index in [4.69, 9.17) is 4.42 Å². The minimum atomic E-state index is -0.678. The molecule has 0 bridgehead atoms. The first-order valence-corrected chi connectivity index (χ1v) is 3.63. The summed E-state index contributed by atoms with van der Waals surface area (Å²) in [4.78, 5) is 3.66. The fraction of sp³-hybridized carbons (Fsp3) is 0. The molecule has 0 amide bonds. The van der Waals surface area contributed by atoms with Crippen molar-refractivity contribution in [3.8, 4) is 11.5 Å². The molecule has 2 nitrogen and oxygen atoms in total. The third-order valence-corrected chi connectivity index (χ3v) is 1.61. The van der Waals surface area contributed by atoms with E-state index in [1.165, 1.54) is 18.5 Å². The first-order chi connectivity index (χ1) is 6.29. The van der Waals surface area contributed by atoms with Crippen LogP contribution in [0.3, 0.4) is 0 Å². The molecular weight excluding hydrogens is 176 g/mol. The van der Waals surface area contributed by atoms with Crippen molar-refractivity contribution in [2.45, 2.75) is 0 Å². The molecule has 0 fully saturated rings. The fourth-order valence-corrected chi connectivity index (χ4v) is 1.05. The Labute approximate surface area is 72.8 Å². The van der Waals surface area contributed by atoms with Gasteiger partial charge in [-0.2, -0.15) is 0 Å². The van der Waals surface area contributed by atoms with Gasteiger partial charge in [0.1, 0.15) is 23.5 Å². The topological polar surface area (TPSA) is 26.0 Å². The van der Waals surface area contributed by atoms with Crippen LogP contribution in [0.1, 0.15) is 0 Å². The zero-order chi connectivity index (χ0) is 9.26. The van der Waals surface area contributed by atoms with Crippen LogP contribution in [0.5, 0.6) is 0 Å². The summed E-state index contributed by atoms with van der Waals surface area (Å²) >= 11 is 0. The summed E-state index contributed by atoms with van der Waals surface area (Å²) in [5.74, 6) is -1.40. The van der Waals surface area contributed by atoms with Crippen molar-refractivity contribution in [3.05, 3.63) is 42.3 Å². The second-order valence-corrected chi connectivity index (χ2v) is 2.43. The minimum absolute atomic E-state index is 0.0457. The lowest BCUT2D eigenvalue weighted by atomic mass is 10.2. The van der Waals surface area contributed by atoms with Crippen LogP contribution in [0.25, 0.3) is 11.5 Å². The lowest BCUT2D eigenvalue weighted by Crippen LogP contribution is -1.88. The molecule has 0 N–H and O–H groups in total.